The van der Waals surface area contributed by atoms with Crippen molar-refractivity contribution >= 4 is 15.7 Å². The highest BCUT2D eigenvalue weighted by Gasteiger charge is 2.19. The summed E-state index contributed by atoms with van der Waals surface area (Å²) in [5.74, 6) is 0.0178. The number of nitrogens with one attached hydrogen (secondary N) is 1. The van der Waals surface area contributed by atoms with Gasteiger partial charge in [-0.15, -0.1) is 0 Å². The van der Waals surface area contributed by atoms with Crippen molar-refractivity contribution in [1.82, 2.24) is 5.32 Å². The maximum absolute atomic E-state index is 12.4. The molecule has 0 heterocycles. The average molecular weight is 331 g/mol. The van der Waals surface area contributed by atoms with Crippen molar-refractivity contribution in [2.45, 2.75) is 24.8 Å². The van der Waals surface area contributed by atoms with Gasteiger partial charge in [-0.25, -0.2) is 8.42 Å². The number of sulfone groups is 1. The van der Waals surface area contributed by atoms with Crippen molar-refractivity contribution in [3.8, 4) is 0 Å². The Kier molecular flexibility index (Phi) is 5.21. The van der Waals surface area contributed by atoms with Crippen LogP contribution in [-0.4, -0.2) is 20.6 Å². The Bertz CT molecular complexity index is 766. The number of hydrogen-bond acceptors (Lipinski definition) is 3. The van der Waals surface area contributed by atoms with Crippen molar-refractivity contribution < 1.29 is 13.2 Å². The summed E-state index contributed by atoms with van der Waals surface area (Å²) in [4.78, 5) is 12.6. The first kappa shape index (κ1) is 17.2. The first-order valence-electron chi connectivity index (χ1n) is 7.45. The van der Waals surface area contributed by atoms with E-state index in [9.17, 15) is 13.2 Å². The highest BCUT2D eigenvalue weighted by molar-refractivity contribution is 7.90. The van der Waals surface area contributed by atoms with E-state index in [0.717, 1.165) is 11.8 Å². The largest absolute Gasteiger partial charge is 0.345 e. The maximum atomic E-state index is 12.4. The quantitative estimate of drug-likeness (QED) is 0.915. The van der Waals surface area contributed by atoms with Gasteiger partial charge in [0.05, 0.1) is 10.9 Å². The predicted molar refractivity (Wildman–Crippen MR) is 91.0 cm³/mol. The zero-order valence-corrected chi connectivity index (χ0v) is 14.3. The summed E-state index contributed by atoms with van der Waals surface area (Å²) < 4.78 is 22.9. The van der Waals surface area contributed by atoms with Gasteiger partial charge < -0.3 is 5.32 Å². The molecule has 0 bridgehead atoms. The fourth-order valence-corrected chi connectivity index (χ4v) is 3.00. The lowest BCUT2D eigenvalue weighted by Gasteiger charge is -2.23. The third-order valence-corrected chi connectivity index (χ3v) is 4.79. The van der Waals surface area contributed by atoms with Gasteiger partial charge in [0.15, 0.2) is 9.84 Å². The van der Waals surface area contributed by atoms with Crippen LogP contribution in [0.25, 0.3) is 0 Å². The van der Waals surface area contributed by atoms with E-state index >= 15 is 0 Å². The molecule has 0 saturated carbocycles. The third kappa shape index (κ3) is 4.42. The van der Waals surface area contributed by atoms with Crippen LogP contribution in [0.1, 0.15) is 35.8 Å². The number of amides is 1. The molecule has 2 aromatic rings. The zero-order chi connectivity index (χ0) is 17.0. The molecule has 23 heavy (non-hydrogen) atoms. The van der Waals surface area contributed by atoms with E-state index in [2.05, 4.69) is 5.32 Å². The highest BCUT2D eigenvalue weighted by Crippen LogP contribution is 2.22. The van der Waals surface area contributed by atoms with E-state index in [0.29, 0.717) is 5.56 Å². The minimum absolute atomic E-state index is 0.0988. The van der Waals surface area contributed by atoms with Crippen LogP contribution in [0.4, 0.5) is 0 Å². The molecule has 122 valence electrons. The van der Waals surface area contributed by atoms with Gasteiger partial charge in [0.1, 0.15) is 0 Å². The summed E-state index contributed by atoms with van der Waals surface area (Å²) in [5, 5.41) is 3.02. The van der Waals surface area contributed by atoms with Crippen molar-refractivity contribution in [2.24, 2.45) is 5.92 Å². The molecular weight excluding hydrogens is 310 g/mol. The standard InChI is InChI=1S/C18H21NO3S/c1-13(2)17(14-7-5-4-6-8-14)19-18(20)15-9-11-16(12-10-15)23(3,21)22/h4-13,17H,1-3H3,(H,19,20)/t17-/m1/s1. The molecule has 0 aliphatic carbocycles. The number of benzene rings is 2. The second-order valence-electron chi connectivity index (χ2n) is 5.90. The molecule has 4 nitrogen and oxygen atoms in total. The van der Waals surface area contributed by atoms with E-state index in [-0.39, 0.29) is 22.8 Å². The number of rotatable bonds is 5. The van der Waals surface area contributed by atoms with Crippen LogP contribution >= 0.6 is 0 Å². The van der Waals surface area contributed by atoms with Crippen LogP contribution in [-0.2, 0) is 9.84 Å². The Morgan fingerprint density at radius 1 is 0.957 bits per heavy atom. The first-order chi connectivity index (χ1) is 10.8. The van der Waals surface area contributed by atoms with Crippen molar-refractivity contribution in [1.29, 1.82) is 0 Å². The number of hydrogen-bond donors (Lipinski definition) is 1. The Balaban J connectivity index is 2.19. The molecule has 2 aromatic carbocycles. The maximum Gasteiger partial charge on any atom is 0.251 e. The van der Waals surface area contributed by atoms with Crippen LogP contribution in [0.15, 0.2) is 59.5 Å². The van der Waals surface area contributed by atoms with Gasteiger partial charge in [0.2, 0.25) is 0 Å². The lowest BCUT2D eigenvalue weighted by Crippen LogP contribution is -2.31. The monoisotopic (exact) mass is 331 g/mol. The molecule has 0 spiro atoms. The lowest BCUT2D eigenvalue weighted by molar-refractivity contribution is 0.0925. The summed E-state index contributed by atoms with van der Waals surface area (Å²) in [6, 6.07) is 15.7. The summed E-state index contributed by atoms with van der Waals surface area (Å²) in [7, 11) is -3.26. The molecule has 0 aliphatic heterocycles. The molecule has 0 aliphatic rings. The van der Waals surface area contributed by atoms with Gasteiger partial charge in [-0.2, -0.15) is 0 Å². The van der Waals surface area contributed by atoms with Crippen LogP contribution in [0.3, 0.4) is 0 Å². The van der Waals surface area contributed by atoms with E-state index < -0.39 is 9.84 Å². The Morgan fingerprint density at radius 2 is 1.52 bits per heavy atom. The van der Waals surface area contributed by atoms with Crippen LogP contribution < -0.4 is 5.32 Å². The van der Waals surface area contributed by atoms with Gasteiger partial charge in [0.25, 0.3) is 5.91 Å². The molecule has 1 atom stereocenters. The predicted octanol–water partition coefficient (Wildman–Crippen LogP) is 3.22. The summed E-state index contributed by atoms with van der Waals surface area (Å²) >= 11 is 0. The highest BCUT2D eigenvalue weighted by atomic mass is 32.2. The fraction of sp³-hybridized carbons (Fsp3) is 0.278. The second-order valence-corrected chi connectivity index (χ2v) is 7.92. The Labute approximate surface area is 137 Å². The average Bonchev–Trinajstić information content (AvgIpc) is 2.52. The minimum Gasteiger partial charge on any atom is -0.345 e. The normalized spacial score (nSPS) is 12.9. The summed E-state index contributed by atoms with van der Waals surface area (Å²) in [5.41, 5.74) is 1.49. The van der Waals surface area contributed by atoms with E-state index in [1.807, 2.05) is 44.2 Å². The van der Waals surface area contributed by atoms with E-state index in [4.69, 9.17) is 0 Å². The van der Waals surface area contributed by atoms with Crippen molar-refractivity contribution in [2.75, 3.05) is 6.26 Å². The first-order valence-corrected chi connectivity index (χ1v) is 9.34. The minimum atomic E-state index is -3.26. The molecule has 1 N–H and O–H groups in total. The topological polar surface area (TPSA) is 63.2 Å². The molecule has 0 fully saturated rings. The second kappa shape index (κ2) is 6.96. The van der Waals surface area contributed by atoms with E-state index in [1.165, 1.54) is 24.3 Å². The van der Waals surface area contributed by atoms with Gasteiger partial charge in [0, 0.05) is 11.8 Å². The van der Waals surface area contributed by atoms with Gasteiger partial charge in [-0.3, -0.25) is 4.79 Å². The lowest BCUT2D eigenvalue weighted by atomic mass is 9.95. The molecule has 0 aromatic heterocycles. The Morgan fingerprint density at radius 3 is 2.00 bits per heavy atom. The fourth-order valence-electron chi connectivity index (χ4n) is 2.37. The van der Waals surface area contributed by atoms with Crippen molar-refractivity contribution in [3.05, 3.63) is 65.7 Å². The third-order valence-electron chi connectivity index (χ3n) is 3.66. The molecular formula is C18H21NO3S. The van der Waals surface area contributed by atoms with E-state index in [1.54, 1.807) is 0 Å². The zero-order valence-electron chi connectivity index (χ0n) is 13.5. The number of carbonyl (C=O) groups excluding carboxylic acids is 1. The van der Waals surface area contributed by atoms with Gasteiger partial charge in [-0.05, 0) is 35.7 Å². The number of carbonyl (C=O) groups is 1. The molecule has 0 saturated heterocycles. The molecule has 1 amide bonds. The van der Waals surface area contributed by atoms with Crippen LogP contribution in [0.2, 0.25) is 0 Å². The molecule has 5 heteroatoms. The summed E-state index contributed by atoms with van der Waals surface area (Å²) in [6.45, 7) is 4.09. The smallest absolute Gasteiger partial charge is 0.251 e. The summed E-state index contributed by atoms with van der Waals surface area (Å²) in [6.07, 6.45) is 1.15. The SMILES string of the molecule is CC(C)[C@@H](NC(=O)c1ccc(S(C)(=O)=O)cc1)c1ccccc1. The Hall–Kier alpha value is -2.14. The van der Waals surface area contributed by atoms with Crippen molar-refractivity contribution in [3.63, 3.8) is 0 Å². The van der Waals surface area contributed by atoms with Gasteiger partial charge >= 0.3 is 0 Å². The molecule has 0 unspecified atom stereocenters. The van der Waals surface area contributed by atoms with Gasteiger partial charge in [-0.1, -0.05) is 44.2 Å². The molecule has 2 rings (SSSR count). The van der Waals surface area contributed by atoms with Crippen LogP contribution in [0, 0.1) is 5.92 Å². The molecule has 0 radical (unpaired) electrons. The van der Waals surface area contributed by atoms with Crippen LogP contribution in [0.5, 0.6) is 0 Å².